The average molecular weight is 211 g/mol. The van der Waals surface area contributed by atoms with E-state index in [1.54, 1.807) is 18.2 Å². The normalized spacial score (nSPS) is 9.57. The number of aldehydes is 1. The summed E-state index contributed by atoms with van der Waals surface area (Å²) in [6.45, 7) is 5.91. The van der Waals surface area contributed by atoms with Crippen molar-refractivity contribution < 1.29 is 9.53 Å². The molecule has 2 nitrogen and oxygen atoms in total. The molecule has 0 N–H and O–H groups in total. The molecule has 0 aliphatic heterocycles. The van der Waals surface area contributed by atoms with E-state index in [0.29, 0.717) is 22.9 Å². The molecule has 0 heterocycles. The van der Waals surface area contributed by atoms with Crippen LogP contribution < -0.4 is 4.74 Å². The fraction of sp³-hybridized carbons (Fsp3) is 0.182. The van der Waals surface area contributed by atoms with Gasteiger partial charge in [-0.05, 0) is 24.6 Å². The molecule has 0 bridgehead atoms. The standard InChI is InChI=1S/C11H11ClO2/c1-8(2)7-14-11-9(6-13)4-3-5-10(11)12/h3-6H,1,7H2,2H3. The quantitative estimate of drug-likeness (QED) is 0.564. The Labute approximate surface area is 88.1 Å². The summed E-state index contributed by atoms with van der Waals surface area (Å²) in [4.78, 5) is 10.7. The van der Waals surface area contributed by atoms with Gasteiger partial charge in [-0.2, -0.15) is 0 Å². The predicted molar refractivity (Wildman–Crippen MR) is 57.1 cm³/mol. The minimum absolute atomic E-state index is 0.366. The first-order valence-electron chi connectivity index (χ1n) is 4.16. The lowest BCUT2D eigenvalue weighted by molar-refractivity contribution is 0.112. The zero-order valence-electron chi connectivity index (χ0n) is 7.92. The molecule has 0 amide bonds. The minimum atomic E-state index is 0.366. The molecule has 0 atom stereocenters. The molecule has 0 spiro atoms. The Morgan fingerprint density at radius 2 is 2.36 bits per heavy atom. The van der Waals surface area contributed by atoms with Crippen molar-refractivity contribution >= 4 is 17.9 Å². The summed E-state index contributed by atoms with van der Waals surface area (Å²) < 4.78 is 5.36. The molecule has 0 radical (unpaired) electrons. The smallest absolute Gasteiger partial charge is 0.153 e. The van der Waals surface area contributed by atoms with Crippen LogP contribution >= 0.6 is 11.6 Å². The monoisotopic (exact) mass is 210 g/mol. The van der Waals surface area contributed by atoms with Crippen molar-refractivity contribution in [2.24, 2.45) is 0 Å². The SMILES string of the molecule is C=C(C)COc1c(Cl)cccc1C=O. The highest BCUT2D eigenvalue weighted by Crippen LogP contribution is 2.27. The second-order valence-corrected chi connectivity index (χ2v) is 3.43. The van der Waals surface area contributed by atoms with Crippen LogP contribution in [-0.2, 0) is 0 Å². The number of halogens is 1. The Hall–Kier alpha value is -1.28. The first-order chi connectivity index (χ1) is 6.65. The van der Waals surface area contributed by atoms with E-state index in [1.807, 2.05) is 6.92 Å². The summed E-state index contributed by atoms with van der Waals surface area (Å²) in [5.41, 5.74) is 1.33. The van der Waals surface area contributed by atoms with Crippen LogP contribution in [0.25, 0.3) is 0 Å². The van der Waals surface area contributed by atoms with Crippen molar-refractivity contribution in [3.63, 3.8) is 0 Å². The van der Waals surface area contributed by atoms with Gasteiger partial charge in [0.05, 0.1) is 10.6 Å². The zero-order chi connectivity index (χ0) is 10.6. The molecule has 1 aromatic carbocycles. The Bertz CT molecular complexity index is 358. The number of para-hydroxylation sites is 1. The highest BCUT2D eigenvalue weighted by atomic mass is 35.5. The van der Waals surface area contributed by atoms with Crippen LogP contribution in [0.5, 0.6) is 5.75 Å². The molecule has 0 aliphatic carbocycles. The molecular formula is C11H11ClO2. The highest BCUT2D eigenvalue weighted by Gasteiger charge is 2.06. The van der Waals surface area contributed by atoms with Crippen molar-refractivity contribution in [3.05, 3.63) is 40.9 Å². The highest BCUT2D eigenvalue weighted by molar-refractivity contribution is 6.32. The number of carbonyl (C=O) groups excluding carboxylic acids is 1. The van der Waals surface area contributed by atoms with E-state index < -0.39 is 0 Å². The number of carbonyl (C=O) groups is 1. The van der Waals surface area contributed by atoms with Crippen LogP contribution in [0.3, 0.4) is 0 Å². The molecule has 0 fully saturated rings. The Kier molecular flexibility index (Phi) is 3.72. The molecule has 14 heavy (non-hydrogen) atoms. The van der Waals surface area contributed by atoms with Crippen molar-refractivity contribution in [2.45, 2.75) is 6.92 Å². The molecule has 0 unspecified atom stereocenters. The predicted octanol–water partition coefficient (Wildman–Crippen LogP) is 3.11. The number of rotatable bonds is 4. The molecule has 0 aromatic heterocycles. The Morgan fingerprint density at radius 3 is 2.93 bits per heavy atom. The summed E-state index contributed by atoms with van der Waals surface area (Å²) in [6.07, 6.45) is 0.722. The molecule has 3 heteroatoms. The van der Waals surface area contributed by atoms with E-state index in [0.717, 1.165) is 11.9 Å². The molecule has 0 aliphatic rings. The largest absolute Gasteiger partial charge is 0.487 e. The van der Waals surface area contributed by atoms with Gasteiger partial charge >= 0.3 is 0 Å². The Balaban J connectivity index is 2.93. The van der Waals surface area contributed by atoms with Crippen molar-refractivity contribution in [1.29, 1.82) is 0 Å². The number of hydrogen-bond donors (Lipinski definition) is 0. The summed E-state index contributed by atoms with van der Waals surface area (Å²) in [7, 11) is 0. The maximum absolute atomic E-state index is 10.7. The van der Waals surface area contributed by atoms with Gasteiger partial charge in [-0.1, -0.05) is 24.2 Å². The van der Waals surface area contributed by atoms with E-state index in [-0.39, 0.29) is 0 Å². The van der Waals surface area contributed by atoms with Crippen LogP contribution in [0.1, 0.15) is 17.3 Å². The van der Waals surface area contributed by atoms with Gasteiger partial charge in [0, 0.05) is 0 Å². The lowest BCUT2D eigenvalue weighted by Crippen LogP contribution is -2.00. The molecule has 0 saturated carbocycles. The van der Waals surface area contributed by atoms with Gasteiger partial charge in [0.25, 0.3) is 0 Å². The second kappa shape index (κ2) is 4.82. The average Bonchev–Trinajstić information content (AvgIpc) is 2.15. The third-order valence-electron chi connectivity index (χ3n) is 1.59. The van der Waals surface area contributed by atoms with Crippen LogP contribution in [0.4, 0.5) is 0 Å². The second-order valence-electron chi connectivity index (χ2n) is 3.02. The van der Waals surface area contributed by atoms with Crippen LogP contribution in [0.15, 0.2) is 30.4 Å². The number of hydrogen-bond acceptors (Lipinski definition) is 2. The van der Waals surface area contributed by atoms with Crippen molar-refractivity contribution in [1.82, 2.24) is 0 Å². The van der Waals surface area contributed by atoms with Crippen molar-refractivity contribution in [3.8, 4) is 5.75 Å². The van der Waals surface area contributed by atoms with E-state index in [9.17, 15) is 4.79 Å². The van der Waals surface area contributed by atoms with Crippen LogP contribution in [-0.4, -0.2) is 12.9 Å². The van der Waals surface area contributed by atoms with E-state index in [4.69, 9.17) is 16.3 Å². The van der Waals surface area contributed by atoms with Gasteiger partial charge in [-0.15, -0.1) is 0 Å². The third-order valence-corrected chi connectivity index (χ3v) is 1.88. The van der Waals surface area contributed by atoms with Crippen molar-refractivity contribution in [2.75, 3.05) is 6.61 Å². The summed E-state index contributed by atoms with van der Waals surface area (Å²) in [6, 6.07) is 5.05. The maximum Gasteiger partial charge on any atom is 0.153 e. The van der Waals surface area contributed by atoms with E-state index in [2.05, 4.69) is 6.58 Å². The minimum Gasteiger partial charge on any atom is -0.487 e. The van der Waals surface area contributed by atoms with E-state index in [1.165, 1.54) is 0 Å². The lowest BCUT2D eigenvalue weighted by atomic mass is 10.2. The van der Waals surface area contributed by atoms with Gasteiger partial charge in [-0.25, -0.2) is 0 Å². The summed E-state index contributed by atoms with van der Waals surface area (Å²) >= 11 is 5.88. The van der Waals surface area contributed by atoms with Gasteiger partial charge in [0.1, 0.15) is 12.4 Å². The Morgan fingerprint density at radius 1 is 1.64 bits per heavy atom. The summed E-state index contributed by atoms with van der Waals surface area (Å²) in [5.74, 6) is 0.423. The summed E-state index contributed by atoms with van der Waals surface area (Å²) in [5, 5.41) is 0.441. The zero-order valence-corrected chi connectivity index (χ0v) is 8.67. The molecular weight excluding hydrogens is 200 g/mol. The van der Waals surface area contributed by atoms with Gasteiger partial charge < -0.3 is 4.74 Å². The van der Waals surface area contributed by atoms with Gasteiger partial charge in [-0.3, -0.25) is 4.79 Å². The number of ether oxygens (including phenoxy) is 1. The first-order valence-corrected chi connectivity index (χ1v) is 4.54. The topological polar surface area (TPSA) is 26.3 Å². The van der Waals surface area contributed by atoms with Crippen LogP contribution in [0, 0.1) is 0 Å². The fourth-order valence-electron chi connectivity index (χ4n) is 0.966. The molecule has 1 aromatic rings. The molecule has 1 rings (SSSR count). The molecule has 0 saturated heterocycles. The van der Waals surface area contributed by atoms with E-state index >= 15 is 0 Å². The van der Waals surface area contributed by atoms with Crippen LogP contribution in [0.2, 0.25) is 5.02 Å². The fourth-order valence-corrected chi connectivity index (χ4v) is 1.20. The molecule has 74 valence electrons. The first kappa shape index (κ1) is 10.8. The number of benzene rings is 1. The van der Waals surface area contributed by atoms with Gasteiger partial charge in [0.2, 0.25) is 0 Å². The van der Waals surface area contributed by atoms with Gasteiger partial charge in [0.15, 0.2) is 6.29 Å². The maximum atomic E-state index is 10.7. The third kappa shape index (κ3) is 2.60. The lowest BCUT2D eigenvalue weighted by Gasteiger charge is -2.09.